The molecule has 1 aliphatic carbocycles. The van der Waals surface area contributed by atoms with E-state index in [2.05, 4.69) is 18.8 Å². The first kappa shape index (κ1) is 13.6. The summed E-state index contributed by atoms with van der Waals surface area (Å²) in [5, 5.41) is 8.93. The molecular weight excluding hydrogens is 248 g/mol. The minimum atomic E-state index is -1.31. The number of nitrogens with zero attached hydrogens (tertiary/aromatic N) is 1. The fourth-order valence-electron chi connectivity index (χ4n) is 2.57. The number of carboxylic acid groups (broad SMARTS) is 1. The van der Waals surface area contributed by atoms with Crippen LogP contribution in [0, 0.1) is 5.41 Å². The summed E-state index contributed by atoms with van der Waals surface area (Å²) in [6.45, 7) is 4.36. The first-order valence-corrected chi connectivity index (χ1v) is 6.39. The lowest BCUT2D eigenvalue weighted by Gasteiger charge is -2.34. The van der Waals surface area contributed by atoms with Crippen LogP contribution in [0.2, 0.25) is 0 Å². The van der Waals surface area contributed by atoms with Gasteiger partial charge in [-0.2, -0.15) is 0 Å². The zero-order chi connectivity index (χ0) is 14.2. The Bertz CT molecular complexity index is 602. The number of carboxylic acids is 1. The first-order valence-electron chi connectivity index (χ1n) is 6.39. The van der Waals surface area contributed by atoms with E-state index in [0.29, 0.717) is 0 Å². The second-order valence-electron chi connectivity index (χ2n) is 5.91. The molecule has 1 aliphatic rings. The van der Waals surface area contributed by atoms with Gasteiger partial charge in [0.05, 0.1) is 0 Å². The molecule has 0 amide bonds. The highest BCUT2D eigenvalue weighted by atomic mass is 16.4. The van der Waals surface area contributed by atoms with E-state index in [0.717, 1.165) is 25.7 Å². The van der Waals surface area contributed by atoms with Crippen molar-refractivity contribution in [2.75, 3.05) is 0 Å². The van der Waals surface area contributed by atoms with Crippen LogP contribution in [0.25, 0.3) is 0 Å². The summed E-state index contributed by atoms with van der Waals surface area (Å²) in [7, 11) is 0. The number of aromatic nitrogens is 2. The molecule has 2 rings (SSSR count). The number of H-pyrrole nitrogens is 1. The Morgan fingerprint density at radius 3 is 2.47 bits per heavy atom. The summed E-state index contributed by atoms with van der Waals surface area (Å²) in [4.78, 5) is 36.2. The lowest BCUT2D eigenvalue weighted by atomic mass is 9.75. The summed E-state index contributed by atoms with van der Waals surface area (Å²) in [6, 6.07) is -0.0320. The van der Waals surface area contributed by atoms with Crippen LogP contribution in [0.1, 0.15) is 55.9 Å². The average molecular weight is 266 g/mol. The predicted octanol–water partition coefficient (Wildman–Crippen LogP) is 1.38. The van der Waals surface area contributed by atoms with E-state index in [1.165, 1.54) is 10.8 Å². The summed E-state index contributed by atoms with van der Waals surface area (Å²) in [6.07, 6.45) is 4.76. The van der Waals surface area contributed by atoms with Crippen molar-refractivity contribution in [3.8, 4) is 0 Å². The molecule has 1 aromatic rings. The van der Waals surface area contributed by atoms with E-state index < -0.39 is 17.2 Å². The van der Waals surface area contributed by atoms with Crippen molar-refractivity contribution in [2.24, 2.45) is 5.41 Å². The highest BCUT2D eigenvalue weighted by molar-refractivity contribution is 5.86. The topological polar surface area (TPSA) is 92.2 Å². The van der Waals surface area contributed by atoms with Gasteiger partial charge in [-0.1, -0.05) is 13.8 Å². The smallest absolute Gasteiger partial charge is 0.342 e. The number of aromatic amines is 1. The van der Waals surface area contributed by atoms with Crippen molar-refractivity contribution in [1.29, 1.82) is 0 Å². The van der Waals surface area contributed by atoms with Gasteiger partial charge < -0.3 is 5.11 Å². The highest BCUT2D eigenvalue weighted by Gasteiger charge is 2.28. The molecule has 104 valence electrons. The van der Waals surface area contributed by atoms with Gasteiger partial charge in [-0.05, 0) is 31.1 Å². The van der Waals surface area contributed by atoms with Crippen molar-refractivity contribution in [2.45, 2.75) is 45.6 Å². The van der Waals surface area contributed by atoms with Crippen molar-refractivity contribution in [3.05, 3.63) is 32.6 Å². The van der Waals surface area contributed by atoms with E-state index >= 15 is 0 Å². The maximum absolute atomic E-state index is 11.8. The molecule has 19 heavy (non-hydrogen) atoms. The van der Waals surface area contributed by atoms with Gasteiger partial charge in [-0.15, -0.1) is 0 Å². The van der Waals surface area contributed by atoms with Crippen molar-refractivity contribution < 1.29 is 9.90 Å². The zero-order valence-electron chi connectivity index (χ0n) is 11.1. The summed E-state index contributed by atoms with van der Waals surface area (Å²) in [5.41, 5.74) is -1.49. The van der Waals surface area contributed by atoms with E-state index in [-0.39, 0.29) is 17.0 Å². The van der Waals surface area contributed by atoms with Crippen molar-refractivity contribution in [1.82, 2.24) is 9.55 Å². The van der Waals surface area contributed by atoms with Gasteiger partial charge in [-0.3, -0.25) is 14.3 Å². The van der Waals surface area contributed by atoms with E-state index in [9.17, 15) is 14.4 Å². The molecule has 6 nitrogen and oxygen atoms in total. The molecule has 0 aliphatic heterocycles. The average Bonchev–Trinajstić information content (AvgIpc) is 2.29. The molecule has 0 radical (unpaired) electrons. The predicted molar refractivity (Wildman–Crippen MR) is 69.6 cm³/mol. The van der Waals surface area contributed by atoms with Crippen LogP contribution in [0.4, 0.5) is 0 Å². The molecule has 0 spiro atoms. The van der Waals surface area contributed by atoms with Crippen LogP contribution in [0.3, 0.4) is 0 Å². The fourth-order valence-corrected chi connectivity index (χ4v) is 2.57. The van der Waals surface area contributed by atoms with E-state index in [1.807, 2.05) is 0 Å². The zero-order valence-corrected chi connectivity index (χ0v) is 11.1. The molecular formula is C13H18N2O4. The Morgan fingerprint density at radius 2 is 1.95 bits per heavy atom. The Hall–Kier alpha value is -1.85. The van der Waals surface area contributed by atoms with Gasteiger partial charge >= 0.3 is 11.7 Å². The number of aromatic carboxylic acids is 1. The maximum Gasteiger partial charge on any atom is 0.342 e. The summed E-state index contributed by atoms with van der Waals surface area (Å²) < 4.78 is 1.36. The molecule has 2 N–H and O–H groups in total. The lowest BCUT2D eigenvalue weighted by molar-refractivity contribution is 0.0692. The molecule has 0 unspecified atom stereocenters. The molecule has 1 aromatic heterocycles. The molecule has 0 aromatic carbocycles. The van der Waals surface area contributed by atoms with Gasteiger partial charge in [0.25, 0.3) is 5.56 Å². The minimum absolute atomic E-state index is 0.0320. The fraction of sp³-hybridized carbons (Fsp3) is 0.615. The van der Waals surface area contributed by atoms with E-state index in [1.54, 1.807) is 0 Å². The number of hydrogen-bond donors (Lipinski definition) is 2. The molecule has 0 atom stereocenters. The number of nitrogens with one attached hydrogen (secondary N) is 1. The molecule has 1 saturated carbocycles. The maximum atomic E-state index is 11.8. The van der Waals surface area contributed by atoms with Crippen LogP contribution in [0.15, 0.2) is 15.8 Å². The van der Waals surface area contributed by atoms with Gasteiger partial charge in [0.1, 0.15) is 5.56 Å². The van der Waals surface area contributed by atoms with E-state index in [4.69, 9.17) is 5.11 Å². The third kappa shape index (κ3) is 2.77. The number of carbonyl (C=O) groups is 1. The quantitative estimate of drug-likeness (QED) is 0.845. The normalized spacial score (nSPS) is 19.3. The Kier molecular flexibility index (Phi) is 3.34. The number of hydrogen-bond acceptors (Lipinski definition) is 3. The summed E-state index contributed by atoms with van der Waals surface area (Å²) >= 11 is 0. The van der Waals surface area contributed by atoms with Crippen LogP contribution < -0.4 is 11.2 Å². The number of rotatable bonds is 2. The van der Waals surface area contributed by atoms with Crippen LogP contribution in [0.5, 0.6) is 0 Å². The third-order valence-electron chi connectivity index (χ3n) is 3.90. The molecule has 0 saturated heterocycles. The van der Waals surface area contributed by atoms with Crippen molar-refractivity contribution in [3.63, 3.8) is 0 Å². The summed E-state index contributed by atoms with van der Waals surface area (Å²) in [5.74, 6) is -1.31. The van der Waals surface area contributed by atoms with Gasteiger partial charge in [-0.25, -0.2) is 9.59 Å². The lowest BCUT2D eigenvalue weighted by Crippen LogP contribution is -2.37. The second-order valence-corrected chi connectivity index (χ2v) is 5.91. The Labute approximate surface area is 110 Å². The van der Waals surface area contributed by atoms with Crippen LogP contribution in [-0.2, 0) is 0 Å². The van der Waals surface area contributed by atoms with Crippen LogP contribution in [-0.4, -0.2) is 20.6 Å². The Balaban J connectivity index is 2.36. The largest absolute Gasteiger partial charge is 0.477 e. The van der Waals surface area contributed by atoms with Crippen LogP contribution >= 0.6 is 0 Å². The first-order chi connectivity index (χ1) is 8.80. The van der Waals surface area contributed by atoms with Gasteiger partial charge in [0, 0.05) is 12.2 Å². The monoisotopic (exact) mass is 266 g/mol. The SMILES string of the molecule is CC1(C)CCC(n2cc(C(=O)O)c(=O)[nH]c2=O)CC1. The third-order valence-corrected chi connectivity index (χ3v) is 3.90. The molecule has 1 heterocycles. The standard InChI is InChI=1S/C13H18N2O4/c1-13(2)5-3-8(4-6-13)15-7-9(11(17)18)10(16)14-12(15)19/h7-8H,3-6H2,1-2H3,(H,17,18)(H,14,16,19). The Morgan fingerprint density at radius 1 is 1.37 bits per heavy atom. The minimum Gasteiger partial charge on any atom is -0.477 e. The molecule has 1 fully saturated rings. The molecule has 0 bridgehead atoms. The second kappa shape index (κ2) is 4.68. The van der Waals surface area contributed by atoms with Crippen molar-refractivity contribution >= 4 is 5.97 Å². The highest BCUT2D eigenvalue weighted by Crippen LogP contribution is 2.39. The van der Waals surface area contributed by atoms with Gasteiger partial charge in [0.2, 0.25) is 0 Å². The van der Waals surface area contributed by atoms with Gasteiger partial charge in [0.15, 0.2) is 0 Å². The molecule has 6 heteroatoms.